The van der Waals surface area contributed by atoms with E-state index in [4.69, 9.17) is 0 Å². The summed E-state index contributed by atoms with van der Waals surface area (Å²) in [5.74, 6) is -0.324. The first-order valence-corrected chi connectivity index (χ1v) is 6.01. The molecule has 0 saturated carbocycles. The second-order valence-corrected chi connectivity index (χ2v) is 4.34. The highest BCUT2D eigenvalue weighted by Crippen LogP contribution is 2.13. The summed E-state index contributed by atoms with van der Waals surface area (Å²) in [7, 11) is 3.28. The molecule has 5 heteroatoms. The molecule has 0 fully saturated rings. The molecule has 1 N–H and O–H groups in total. The number of nitrogens with zero attached hydrogens (tertiary/aromatic N) is 2. The van der Waals surface area contributed by atoms with Crippen molar-refractivity contribution >= 4 is 11.7 Å². The molecule has 0 saturated heterocycles. The van der Waals surface area contributed by atoms with Crippen LogP contribution in [0.1, 0.15) is 21.6 Å². The molecule has 0 radical (unpaired) electrons. The average Bonchev–Trinajstić information content (AvgIpc) is 2.74. The molecule has 2 aromatic rings. The van der Waals surface area contributed by atoms with Crippen LogP contribution in [-0.4, -0.2) is 22.9 Å². The van der Waals surface area contributed by atoms with Gasteiger partial charge >= 0.3 is 5.97 Å². The number of hydrogen-bond donors (Lipinski definition) is 1. The maximum Gasteiger partial charge on any atom is 0.337 e. The van der Waals surface area contributed by atoms with Crippen LogP contribution in [0.4, 0.5) is 5.69 Å². The van der Waals surface area contributed by atoms with Gasteiger partial charge in [-0.3, -0.25) is 4.68 Å². The van der Waals surface area contributed by atoms with Crippen molar-refractivity contribution in [3.63, 3.8) is 0 Å². The normalized spacial score (nSPS) is 10.3. The van der Waals surface area contributed by atoms with Gasteiger partial charge in [0.15, 0.2) is 0 Å². The summed E-state index contributed by atoms with van der Waals surface area (Å²) in [4.78, 5) is 11.3. The average molecular weight is 259 g/mol. The molecule has 0 bridgehead atoms. The third-order valence-electron chi connectivity index (χ3n) is 2.90. The van der Waals surface area contributed by atoms with Gasteiger partial charge < -0.3 is 10.1 Å². The fourth-order valence-corrected chi connectivity index (χ4v) is 1.86. The van der Waals surface area contributed by atoms with Crippen molar-refractivity contribution in [2.24, 2.45) is 7.05 Å². The predicted octanol–water partition coefficient (Wildman–Crippen LogP) is 2.13. The Morgan fingerprint density at radius 1 is 1.37 bits per heavy atom. The van der Waals surface area contributed by atoms with Gasteiger partial charge in [-0.25, -0.2) is 4.79 Å². The van der Waals surface area contributed by atoms with Crippen LogP contribution in [0, 0.1) is 6.92 Å². The van der Waals surface area contributed by atoms with E-state index in [9.17, 15) is 4.79 Å². The van der Waals surface area contributed by atoms with Gasteiger partial charge in [0.1, 0.15) is 0 Å². The number of hydrogen-bond acceptors (Lipinski definition) is 4. The predicted molar refractivity (Wildman–Crippen MR) is 73.1 cm³/mol. The van der Waals surface area contributed by atoms with Crippen molar-refractivity contribution in [3.05, 3.63) is 47.3 Å². The quantitative estimate of drug-likeness (QED) is 0.855. The smallest absolute Gasteiger partial charge is 0.337 e. The summed E-state index contributed by atoms with van der Waals surface area (Å²) in [6.07, 6.45) is 1.99. The minimum absolute atomic E-state index is 0.324. The number of rotatable bonds is 4. The lowest BCUT2D eigenvalue weighted by Crippen LogP contribution is -2.03. The number of esters is 1. The fourth-order valence-electron chi connectivity index (χ4n) is 1.86. The van der Waals surface area contributed by atoms with Crippen molar-refractivity contribution in [2.45, 2.75) is 13.5 Å². The highest BCUT2D eigenvalue weighted by molar-refractivity contribution is 5.89. The van der Waals surface area contributed by atoms with Crippen LogP contribution in [0.15, 0.2) is 30.5 Å². The summed E-state index contributed by atoms with van der Waals surface area (Å²) in [5.41, 5.74) is 3.67. The Morgan fingerprint density at radius 3 is 2.58 bits per heavy atom. The van der Waals surface area contributed by atoms with Gasteiger partial charge in [0.05, 0.1) is 18.4 Å². The van der Waals surface area contributed by atoms with E-state index >= 15 is 0 Å². The molecule has 0 spiro atoms. The second-order valence-electron chi connectivity index (χ2n) is 4.34. The first-order chi connectivity index (χ1) is 9.10. The SMILES string of the molecule is COC(=O)c1ccc(NCc2cn(C)nc2C)cc1. The molecule has 100 valence electrons. The molecule has 1 heterocycles. The molecule has 0 aliphatic carbocycles. The minimum atomic E-state index is -0.324. The van der Waals surface area contributed by atoms with E-state index in [1.165, 1.54) is 7.11 Å². The van der Waals surface area contributed by atoms with Crippen LogP contribution in [0.25, 0.3) is 0 Å². The number of methoxy groups -OCH3 is 1. The molecule has 19 heavy (non-hydrogen) atoms. The van der Waals surface area contributed by atoms with Gasteiger partial charge in [-0.15, -0.1) is 0 Å². The van der Waals surface area contributed by atoms with E-state index in [-0.39, 0.29) is 5.97 Å². The van der Waals surface area contributed by atoms with Gasteiger partial charge in [0.2, 0.25) is 0 Å². The zero-order valence-corrected chi connectivity index (χ0v) is 11.3. The van der Waals surface area contributed by atoms with Gasteiger partial charge in [0, 0.05) is 31.0 Å². The van der Waals surface area contributed by atoms with E-state index in [1.807, 2.05) is 32.3 Å². The summed E-state index contributed by atoms with van der Waals surface area (Å²) in [6.45, 7) is 2.69. The van der Waals surface area contributed by atoms with Gasteiger partial charge in [-0.05, 0) is 31.2 Å². The highest BCUT2D eigenvalue weighted by Gasteiger charge is 2.05. The number of aryl methyl sites for hydroxylation is 2. The van der Waals surface area contributed by atoms with E-state index in [0.717, 1.165) is 16.9 Å². The molecule has 1 aromatic carbocycles. The standard InChI is InChI=1S/C14H17N3O2/c1-10-12(9-17(2)16-10)8-15-13-6-4-11(5-7-13)14(18)19-3/h4-7,9,15H,8H2,1-3H3. The number of carbonyl (C=O) groups excluding carboxylic acids is 1. The molecule has 0 amide bonds. The molecule has 0 aliphatic heterocycles. The van der Waals surface area contributed by atoms with Crippen LogP contribution in [0.2, 0.25) is 0 Å². The largest absolute Gasteiger partial charge is 0.465 e. The maximum absolute atomic E-state index is 11.3. The van der Waals surface area contributed by atoms with Crippen molar-refractivity contribution in [1.82, 2.24) is 9.78 Å². The zero-order chi connectivity index (χ0) is 13.8. The van der Waals surface area contributed by atoms with Gasteiger partial charge in [0.25, 0.3) is 0 Å². The molecule has 5 nitrogen and oxygen atoms in total. The van der Waals surface area contributed by atoms with Crippen molar-refractivity contribution in [2.75, 3.05) is 12.4 Å². The summed E-state index contributed by atoms with van der Waals surface area (Å²) < 4.78 is 6.45. The number of aromatic nitrogens is 2. The van der Waals surface area contributed by atoms with Crippen LogP contribution >= 0.6 is 0 Å². The maximum atomic E-state index is 11.3. The van der Waals surface area contributed by atoms with Crippen molar-refractivity contribution in [1.29, 1.82) is 0 Å². The number of benzene rings is 1. The van der Waals surface area contributed by atoms with Crippen LogP contribution < -0.4 is 5.32 Å². The van der Waals surface area contributed by atoms with Gasteiger partial charge in [-0.1, -0.05) is 0 Å². The lowest BCUT2D eigenvalue weighted by atomic mass is 10.2. The first-order valence-electron chi connectivity index (χ1n) is 6.01. The van der Waals surface area contributed by atoms with Crippen LogP contribution in [-0.2, 0) is 18.3 Å². The summed E-state index contributed by atoms with van der Waals surface area (Å²) in [6, 6.07) is 7.20. The Kier molecular flexibility index (Phi) is 3.85. The summed E-state index contributed by atoms with van der Waals surface area (Å²) in [5, 5.41) is 7.58. The second kappa shape index (κ2) is 5.56. The Hall–Kier alpha value is -2.30. The number of anilines is 1. The Morgan fingerprint density at radius 2 is 2.05 bits per heavy atom. The van der Waals surface area contributed by atoms with E-state index < -0.39 is 0 Å². The first kappa shape index (κ1) is 13.1. The topological polar surface area (TPSA) is 56.1 Å². The fraction of sp³-hybridized carbons (Fsp3) is 0.286. The van der Waals surface area contributed by atoms with Crippen LogP contribution in [0.3, 0.4) is 0 Å². The third kappa shape index (κ3) is 3.13. The summed E-state index contributed by atoms with van der Waals surface area (Å²) >= 11 is 0. The molecule has 0 unspecified atom stereocenters. The zero-order valence-electron chi connectivity index (χ0n) is 11.3. The van der Waals surface area contributed by atoms with E-state index in [0.29, 0.717) is 12.1 Å². The number of nitrogens with one attached hydrogen (secondary N) is 1. The Balaban J connectivity index is 2.00. The molecule has 0 atom stereocenters. The molecular weight excluding hydrogens is 242 g/mol. The molecular formula is C14H17N3O2. The monoisotopic (exact) mass is 259 g/mol. The van der Waals surface area contributed by atoms with Crippen molar-refractivity contribution < 1.29 is 9.53 Å². The number of carbonyl (C=O) groups is 1. The lowest BCUT2D eigenvalue weighted by molar-refractivity contribution is 0.0601. The Bertz CT molecular complexity index is 573. The minimum Gasteiger partial charge on any atom is -0.465 e. The Labute approximate surface area is 112 Å². The number of ether oxygens (including phenoxy) is 1. The van der Waals surface area contributed by atoms with Crippen LogP contribution in [0.5, 0.6) is 0 Å². The van der Waals surface area contributed by atoms with E-state index in [2.05, 4.69) is 15.2 Å². The van der Waals surface area contributed by atoms with Gasteiger partial charge in [-0.2, -0.15) is 5.10 Å². The molecule has 1 aromatic heterocycles. The third-order valence-corrected chi connectivity index (χ3v) is 2.90. The molecule has 2 rings (SSSR count). The van der Waals surface area contributed by atoms with E-state index in [1.54, 1.807) is 16.8 Å². The highest BCUT2D eigenvalue weighted by atomic mass is 16.5. The van der Waals surface area contributed by atoms with Crippen molar-refractivity contribution in [3.8, 4) is 0 Å². The lowest BCUT2D eigenvalue weighted by Gasteiger charge is -2.06. The molecule has 0 aliphatic rings.